The second-order valence-corrected chi connectivity index (χ2v) is 6.71. The van der Waals surface area contributed by atoms with E-state index in [9.17, 15) is 8.42 Å². The fraction of sp³-hybridized carbons (Fsp3) is 0.778. The summed E-state index contributed by atoms with van der Waals surface area (Å²) in [5.74, 6) is 0. The third-order valence-electron chi connectivity index (χ3n) is 2.63. The minimum absolute atomic E-state index is 0.0368. The van der Waals surface area contributed by atoms with Crippen molar-refractivity contribution in [3.05, 3.63) is 4.60 Å². The van der Waals surface area contributed by atoms with E-state index in [1.807, 2.05) is 7.05 Å². The minimum Gasteiger partial charge on any atom is -0.303 e. The van der Waals surface area contributed by atoms with Gasteiger partial charge in [0.2, 0.25) is 5.03 Å². The van der Waals surface area contributed by atoms with Crippen molar-refractivity contribution in [2.75, 3.05) is 20.1 Å². The minimum atomic E-state index is -3.59. The molecule has 0 aromatic carbocycles. The highest BCUT2D eigenvalue weighted by molar-refractivity contribution is 9.10. The lowest BCUT2D eigenvalue weighted by Gasteiger charge is -2.20. The first kappa shape index (κ1) is 15.5. The quantitative estimate of drug-likeness (QED) is 0.800. The molecule has 1 aromatic rings. The Bertz CT molecular complexity index is 480. The van der Waals surface area contributed by atoms with Crippen molar-refractivity contribution in [2.45, 2.75) is 24.9 Å². The van der Waals surface area contributed by atoms with Crippen molar-refractivity contribution in [1.82, 2.24) is 24.6 Å². The molecular formula is C9H18BrN5O2S. The van der Waals surface area contributed by atoms with Gasteiger partial charge in [-0.1, -0.05) is 5.21 Å². The van der Waals surface area contributed by atoms with Gasteiger partial charge in [-0.05, 0) is 36.8 Å². The SMILES string of the molecule is CC(C)N(C)CCNS(=O)(=O)c1c(Br)nnn1C. The van der Waals surface area contributed by atoms with Gasteiger partial charge in [0.15, 0.2) is 4.60 Å². The average molecular weight is 340 g/mol. The second-order valence-electron chi connectivity index (χ2n) is 4.28. The van der Waals surface area contributed by atoms with Gasteiger partial charge in [0.1, 0.15) is 0 Å². The number of halogens is 1. The van der Waals surface area contributed by atoms with E-state index in [2.05, 4.69) is 49.7 Å². The van der Waals surface area contributed by atoms with Crippen molar-refractivity contribution in [3.63, 3.8) is 0 Å². The molecule has 0 radical (unpaired) electrons. The molecule has 0 spiro atoms. The molecule has 104 valence electrons. The first-order valence-corrected chi connectivity index (χ1v) is 7.78. The molecule has 1 heterocycles. The first-order valence-electron chi connectivity index (χ1n) is 5.50. The number of hydrogen-bond acceptors (Lipinski definition) is 5. The van der Waals surface area contributed by atoms with Gasteiger partial charge >= 0.3 is 0 Å². The Hall–Kier alpha value is -0.510. The fourth-order valence-corrected chi connectivity index (χ4v) is 3.40. The Kier molecular flexibility index (Phi) is 5.26. The van der Waals surface area contributed by atoms with Crippen molar-refractivity contribution in [2.24, 2.45) is 7.05 Å². The highest BCUT2D eigenvalue weighted by atomic mass is 79.9. The molecule has 0 aliphatic rings. The summed E-state index contributed by atoms with van der Waals surface area (Å²) in [5, 5.41) is 7.33. The lowest BCUT2D eigenvalue weighted by molar-refractivity contribution is 0.278. The molecule has 0 unspecified atom stereocenters. The van der Waals surface area contributed by atoms with Crippen LogP contribution in [-0.2, 0) is 17.1 Å². The molecule has 0 bridgehead atoms. The maximum atomic E-state index is 12.0. The van der Waals surface area contributed by atoms with Crippen molar-refractivity contribution >= 4 is 26.0 Å². The second kappa shape index (κ2) is 6.09. The average Bonchev–Trinajstić information content (AvgIpc) is 2.58. The van der Waals surface area contributed by atoms with Crippen LogP contribution in [0.25, 0.3) is 0 Å². The lowest BCUT2D eigenvalue weighted by Crippen LogP contribution is -2.36. The molecule has 0 fully saturated rings. The number of aromatic nitrogens is 3. The summed E-state index contributed by atoms with van der Waals surface area (Å²) >= 11 is 3.07. The van der Waals surface area contributed by atoms with Gasteiger partial charge < -0.3 is 4.90 Å². The summed E-state index contributed by atoms with van der Waals surface area (Å²) in [6, 6.07) is 0.375. The third kappa shape index (κ3) is 3.74. The highest BCUT2D eigenvalue weighted by Crippen LogP contribution is 2.17. The molecule has 1 N–H and O–H groups in total. The summed E-state index contributed by atoms with van der Waals surface area (Å²) in [6.45, 7) is 5.08. The number of hydrogen-bond donors (Lipinski definition) is 1. The number of likely N-dealkylation sites (N-methyl/N-ethyl adjacent to an activating group) is 1. The van der Waals surface area contributed by atoms with E-state index in [0.29, 0.717) is 19.1 Å². The van der Waals surface area contributed by atoms with Crippen LogP contribution in [0, 0.1) is 0 Å². The number of nitrogens with one attached hydrogen (secondary N) is 1. The number of aryl methyl sites for hydroxylation is 1. The number of nitrogens with zero attached hydrogens (tertiary/aromatic N) is 4. The van der Waals surface area contributed by atoms with Crippen LogP contribution in [0.15, 0.2) is 9.63 Å². The van der Waals surface area contributed by atoms with E-state index >= 15 is 0 Å². The smallest absolute Gasteiger partial charge is 0.260 e. The zero-order chi connectivity index (χ0) is 13.9. The third-order valence-corrected chi connectivity index (χ3v) is 4.98. The van der Waals surface area contributed by atoms with Gasteiger partial charge in [-0.3, -0.25) is 0 Å². The highest BCUT2D eigenvalue weighted by Gasteiger charge is 2.23. The van der Waals surface area contributed by atoms with Crippen molar-refractivity contribution in [1.29, 1.82) is 0 Å². The van der Waals surface area contributed by atoms with Gasteiger partial charge in [0.05, 0.1) is 0 Å². The van der Waals surface area contributed by atoms with E-state index < -0.39 is 10.0 Å². The molecule has 18 heavy (non-hydrogen) atoms. The molecule has 0 aliphatic carbocycles. The van der Waals surface area contributed by atoms with Gasteiger partial charge in [-0.15, -0.1) is 5.10 Å². The molecule has 0 saturated carbocycles. The summed E-state index contributed by atoms with van der Waals surface area (Å²) in [7, 11) is -0.106. The van der Waals surface area contributed by atoms with Crippen molar-refractivity contribution < 1.29 is 8.42 Å². The van der Waals surface area contributed by atoms with Crippen molar-refractivity contribution in [3.8, 4) is 0 Å². The molecule has 7 nitrogen and oxygen atoms in total. The van der Waals surface area contributed by atoms with Crippen LogP contribution in [0.4, 0.5) is 0 Å². The van der Waals surface area contributed by atoms with Crippen LogP contribution in [0.5, 0.6) is 0 Å². The molecule has 9 heteroatoms. The molecule has 0 aliphatic heterocycles. The topological polar surface area (TPSA) is 80.1 Å². The maximum Gasteiger partial charge on any atom is 0.260 e. The van der Waals surface area contributed by atoms with Crippen LogP contribution >= 0.6 is 15.9 Å². The summed E-state index contributed by atoms with van der Waals surface area (Å²) in [4.78, 5) is 2.05. The van der Waals surface area contributed by atoms with E-state index in [0.717, 1.165) is 0 Å². The molecule has 0 saturated heterocycles. The van der Waals surface area contributed by atoms with E-state index in [1.54, 1.807) is 0 Å². The first-order chi connectivity index (χ1) is 8.25. The fourth-order valence-electron chi connectivity index (χ4n) is 1.29. The van der Waals surface area contributed by atoms with E-state index in [-0.39, 0.29) is 9.63 Å². The van der Waals surface area contributed by atoms with Gasteiger partial charge in [-0.2, -0.15) is 0 Å². The molecule has 0 amide bonds. The van der Waals surface area contributed by atoms with E-state index in [4.69, 9.17) is 0 Å². The Labute approximate surface area is 116 Å². The number of sulfonamides is 1. The maximum absolute atomic E-state index is 12.0. The zero-order valence-corrected chi connectivity index (χ0v) is 13.3. The standard InChI is InChI=1S/C9H18BrN5O2S/c1-7(2)14(3)6-5-11-18(16,17)9-8(10)12-13-15(9)4/h7,11H,5-6H2,1-4H3. The monoisotopic (exact) mass is 339 g/mol. The predicted molar refractivity (Wildman–Crippen MR) is 71.7 cm³/mol. The summed E-state index contributed by atoms with van der Waals surface area (Å²) in [5.41, 5.74) is 0. The molecule has 1 aromatic heterocycles. The van der Waals surface area contributed by atoms with Gasteiger partial charge in [0, 0.05) is 26.2 Å². The molecule has 1 rings (SSSR count). The van der Waals surface area contributed by atoms with Crippen LogP contribution in [-0.4, -0.2) is 54.5 Å². The zero-order valence-electron chi connectivity index (χ0n) is 10.9. The van der Waals surface area contributed by atoms with E-state index in [1.165, 1.54) is 11.7 Å². The normalized spacial score (nSPS) is 12.6. The summed E-state index contributed by atoms with van der Waals surface area (Å²) < 4.78 is 28.0. The summed E-state index contributed by atoms with van der Waals surface area (Å²) in [6.07, 6.45) is 0. The largest absolute Gasteiger partial charge is 0.303 e. The molecular weight excluding hydrogens is 322 g/mol. The van der Waals surface area contributed by atoms with Crippen LogP contribution in [0.3, 0.4) is 0 Å². The lowest BCUT2D eigenvalue weighted by atomic mass is 10.3. The van der Waals surface area contributed by atoms with Crippen LogP contribution < -0.4 is 4.72 Å². The number of rotatable bonds is 6. The Morgan fingerprint density at radius 3 is 2.56 bits per heavy atom. The Balaban J connectivity index is 2.67. The van der Waals surface area contributed by atoms with Gasteiger partial charge in [-0.25, -0.2) is 17.8 Å². The Morgan fingerprint density at radius 1 is 1.50 bits per heavy atom. The van der Waals surface area contributed by atoms with Crippen LogP contribution in [0.1, 0.15) is 13.8 Å². The Morgan fingerprint density at radius 2 is 2.11 bits per heavy atom. The molecule has 0 atom stereocenters. The van der Waals surface area contributed by atoms with Crippen LogP contribution in [0.2, 0.25) is 0 Å². The predicted octanol–water partition coefficient (Wildman–Crippen LogP) is 0.196. The van der Waals surface area contributed by atoms with Gasteiger partial charge in [0.25, 0.3) is 10.0 Å².